The van der Waals surface area contributed by atoms with Gasteiger partial charge in [0.25, 0.3) is 0 Å². The molecule has 0 radical (unpaired) electrons. The van der Waals surface area contributed by atoms with Crippen molar-refractivity contribution in [2.75, 3.05) is 38.5 Å². The number of rotatable bonds is 8. The van der Waals surface area contributed by atoms with E-state index in [9.17, 15) is 14.4 Å². The van der Waals surface area contributed by atoms with E-state index in [1.165, 1.54) is 12.1 Å². The first-order chi connectivity index (χ1) is 17.6. The Morgan fingerprint density at radius 2 is 1.65 bits per heavy atom. The van der Waals surface area contributed by atoms with Gasteiger partial charge in [0.15, 0.2) is 11.6 Å². The van der Waals surface area contributed by atoms with Gasteiger partial charge in [0.2, 0.25) is 17.7 Å². The third-order valence-electron chi connectivity index (χ3n) is 7.79. The third kappa shape index (κ3) is 7.25. The van der Waals surface area contributed by atoms with Crippen molar-refractivity contribution in [3.05, 3.63) is 29.3 Å². The van der Waals surface area contributed by atoms with Gasteiger partial charge in [-0.1, -0.05) is 45.6 Å². The van der Waals surface area contributed by atoms with Crippen LogP contribution in [0.5, 0.6) is 0 Å². The van der Waals surface area contributed by atoms with Crippen molar-refractivity contribution in [3.8, 4) is 0 Å². The number of nitrogens with one attached hydrogen (secondary N) is 2. The normalized spacial score (nSPS) is 20.0. The number of benzene rings is 1. The van der Waals surface area contributed by atoms with Crippen LogP contribution in [0.2, 0.25) is 0 Å². The van der Waals surface area contributed by atoms with Crippen LogP contribution in [0.3, 0.4) is 0 Å². The average Bonchev–Trinajstić information content (AvgIpc) is 3.18. The minimum atomic E-state index is -1.21. The van der Waals surface area contributed by atoms with Gasteiger partial charge in [-0.05, 0) is 37.4 Å². The van der Waals surface area contributed by atoms with E-state index in [4.69, 9.17) is 5.73 Å². The van der Waals surface area contributed by atoms with Crippen LogP contribution in [0.15, 0.2) is 12.1 Å². The van der Waals surface area contributed by atoms with Gasteiger partial charge in [0, 0.05) is 38.5 Å². The van der Waals surface area contributed by atoms with Crippen LogP contribution in [-0.2, 0) is 14.4 Å². The van der Waals surface area contributed by atoms with Gasteiger partial charge in [0.05, 0.1) is 11.7 Å². The lowest BCUT2D eigenvalue weighted by Gasteiger charge is -2.36. The molecule has 1 aliphatic heterocycles. The average molecular weight is 522 g/mol. The molecule has 8 nitrogen and oxygen atoms in total. The summed E-state index contributed by atoms with van der Waals surface area (Å²) in [6.45, 7) is 5.61. The van der Waals surface area contributed by atoms with Crippen LogP contribution in [-0.4, -0.2) is 72.8 Å². The lowest BCUT2D eigenvalue weighted by molar-refractivity contribution is -0.138. The molecule has 3 amide bonds. The molecular formula is C27H41F2N5O3. The SMILES string of the molecule is CCC(=O)N[C@@H](C(=O)N1CCN(C)CC1)[C@@H](C)c1ccc(NC(=O)[C@@H](N)C2CCCCCC2)c(F)c1F. The summed E-state index contributed by atoms with van der Waals surface area (Å²) in [7, 11) is 1.96. The van der Waals surface area contributed by atoms with Crippen molar-refractivity contribution in [1.29, 1.82) is 0 Å². The molecule has 0 bridgehead atoms. The summed E-state index contributed by atoms with van der Waals surface area (Å²) in [4.78, 5) is 42.0. The van der Waals surface area contributed by atoms with Crippen molar-refractivity contribution in [2.45, 2.75) is 76.8 Å². The Morgan fingerprint density at radius 1 is 1.03 bits per heavy atom. The number of anilines is 1. The molecule has 0 unspecified atom stereocenters. The minimum Gasteiger partial charge on any atom is -0.344 e. The zero-order valence-corrected chi connectivity index (χ0v) is 22.2. The summed E-state index contributed by atoms with van der Waals surface area (Å²) in [5.41, 5.74) is 5.84. The van der Waals surface area contributed by atoms with Crippen LogP contribution in [0.4, 0.5) is 14.5 Å². The van der Waals surface area contributed by atoms with Crippen molar-refractivity contribution >= 4 is 23.4 Å². The summed E-state index contributed by atoms with van der Waals surface area (Å²) in [6.07, 6.45) is 6.07. The highest BCUT2D eigenvalue weighted by molar-refractivity contribution is 5.95. The van der Waals surface area contributed by atoms with E-state index < -0.39 is 35.5 Å². The number of piperazine rings is 1. The maximum atomic E-state index is 15.3. The highest BCUT2D eigenvalue weighted by Crippen LogP contribution is 2.30. The monoisotopic (exact) mass is 521 g/mol. The Balaban J connectivity index is 1.78. The molecule has 1 aliphatic carbocycles. The topological polar surface area (TPSA) is 108 Å². The first-order valence-electron chi connectivity index (χ1n) is 13.4. The second kappa shape index (κ2) is 13.3. The molecule has 1 aromatic rings. The molecule has 1 heterocycles. The molecular weight excluding hydrogens is 480 g/mol. The van der Waals surface area contributed by atoms with Gasteiger partial charge >= 0.3 is 0 Å². The maximum absolute atomic E-state index is 15.3. The summed E-state index contributed by atoms with van der Waals surface area (Å²) in [5, 5.41) is 5.16. The number of likely N-dealkylation sites (N-methyl/N-ethyl adjacent to an activating group) is 1. The quantitative estimate of drug-likeness (QED) is 0.456. The number of carbonyl (C=O) groups excluding carboxylic acids is 3. The van der Waals surface area contributed by atoms with Crippen molar-refractivity contribution < 1.29 is 23.2 Å². The van der Waals surface area contributed by atoms with Gasteiger partial charge in [-0.25, -0.2) is 8.78 Å². The van der Waals surface area contributed by atoms with Crippen molar-refractivity contribution in [2.24, 2.45) is 11.7 Å². The third-order valence-corrected chi connectivity index (χ3v) is 7.79. The van der Waals surface area contributed by atoms with E-state index in [1.807, 2.05) is 7.05 Å². The van der Waals surface area contributed by atoms with E-state index in [2.05, 4.69) is 15.5 Å². The molecule has 0 spiro atoms. The second-order valence-corrected chi connectivity index (χ2v) is 10.4. The molecule has 3 atom stereocenters. The van der Waals surface area contributed by atoms with Gasteiger partial charge in [-0.2, -0.15) is 0 Å². The predicted octanol–water partition coefficient (Wildman–Crippen LogP) is 2.97. The van der Waals surface area contributed by atoms with Crippen LogP contribution in [0, 0.1) is 17.6 Å². The largest absolute Gasteiger partial charge is 0.344 e. The summed E-state index contributed by atoms with van der Waals surface area (Å²) in [6, 6.07) is 0.807. The highest BCUT2D eigenvalue weighted by Gasteiger charge is 2.35. The maximum Gasteiger partial charge on any atom is 0.245 e. The Hall–Kier alpha value is -2.59. The van der Waals surface area contributed by atoms with E-state index >= 15 is 8.78 Å². The van der Waals surface area contributed by atoms with Gasteiger partial charge < -0.3 is 26.2 Å². The molecule has 3 rings (SSSR count). The van der Waals surface area contributed by atoms with Crippen LogP contribution in [0.1, 0.15) is 70.3 Å². The fourth-order valence-electron chi connectivity index (χ4n) is 5.19. The Morgan fingerprint density at radius 3 is 2.24 bits per heavy atom. The van der Waals surface area contributed by atoms with Crippen molar-refractivity contribution in [1.82, 2.24) is 15.1 Å². The fourth-order valence-corrected chi connectivity index (χ4v) is 5.19. The Labute approximate surface area is 218 Å². The number of hydrogen-bond donors (Lipinski definition) is 3. The molecule has 206 valence electrons. The van der Waals surface area contributed by atoms with Gasteiger partial charge in [-0.15, -0.1) is 0 Å². The molecule has 4 N–H and O–H groups in total. The Kier molecular flexibility index (Phi) is 10.4. The smallest absolute Gasteiger partial charge is 0.245 e. The Bertz CT molecular complexity index is 960. The second-order valence-electron chi connectivity index (χ2n) is 10.4. The number of nitrogens with zero attached hydrogens (tertiary/aromatic N) is 2. The summed E-state index contributed by atoms with van der Waals surface area (Å²) in [5.74, 6) is -4.41. The van der Waals surface area contributed by atoms with Crippen LogP contribution in [0.25, 0.3) is 0 Å². The standard InChI is InChI=1S/C27H41F2N5O3/c1-4-21(35)32-25(27(37)34-15-13-33(3)14-16-34)17(2)19-11-12-20(23(29)22(19)28)31-26(36)24(30)18-9-7-5-6-8-10-18/h11-12,17-18,24-25H,4-10,13-16,30H2,1-3H3,(H,31,36)(H,32,35)/t17-,24-,25+/m0/s1. The molecule has 0 aromatic heterocycles. The van der Waals surface area contributed by atoms with E-state index in [0.29, 0.717) is 26.2 Å². The molecule has 10 heteroatoms. The first-order valence-corrected chi connectivity index (χ1v) is 13.4. The molecule has 2 aliphatic rings. The summed E-state index contributed by atoms with van der Waals surface area (Å²) >= 11 is 0. The minimum absolute atomic E-state index is 0.0122. The lowest BCUT2D eigenvalue weighted by Crippen LogP contribution is -2.55. The van der Waals surface area contributed by atoms with Crippen molar-refractivity contribution in [3.63, 3.8) is 0 Å². The van der Waals surface area contributed by atoms with Gasteiger partial charge in [-0.3, -0.25) is 14.4 Å². The number of carbonyl (C=O) groups is 3. The predicted molar refractivity (Wildman–Crippen MR) is 139 cm³/mol. The molecule has 1 saturated heterocycles. The van der Waals surface area contributed by atoms with E-state index in [1.54, 1.807) is 18.7 Å². The summed E-state index contributed by atoms with van der Waals surface area (Å²) < 4.78 is 30.4. The molecule has 1 saturated carbocycles. The highest BCUT2D eigenvalue weighted by atomic mass is 19.2. The molecule has 37 heavy (non-hydrogen) atoms. The van der Waals surface area contributed by atoms with Crippen LogP contribution < -0.4 is 16.4 Å². The number of hydrogen-bond acceptors (Lipinski definition) is 5. The fraction of sp³-hybridized carbons (Fsp3) is 0.667. The number of nitrogens with two attached hydrogens (primary N) is 1. The van der Waals surface area contributed by atoms with Gasteiger partial charge in [0.1, 0.15) is 6.04 Å². The molecule has 1 aromatic carbocycles. The zero-order chi connectivity index (χ0) is 27.1. The first kappa shape index (κ1) is 29.0. The van der Waals surface area contributed by atoms with E-state index in [-0.39, 0.29) is 35.4 Å². The number of amides is 3. The van der Waals surface area contributed by atoms with Crippen LogP contribution >= 0.6 is 0 Å². The lowest BCUT2D eigenvalue weighted by atomic mass is 9.90. The molecule has 2 fully saturated rings. The number of halogens is 2. The van der Waals surface area contributed by atoms with E-state index in [0.717, 1.165) is 38.5 Å². The zero-order valence-electron chi connectivity index (χ0n) is 22.2.